The van der Waals surface area contributed by atoms with E-state index < -0.39 is 0 Å². The maximum Gasteiger partial charge on any atom is 0.0693 e. The molecule has 0 radical (unpaired) electrons. The Morgan fingerprint density at radius 3 is 3.15 bits per heavy atom. The maximum atomic E-state index is 9.53. The zero-order chi connectivity index (χ0) is 9.10. The van der Waals surface area contributed by atoms with Gasteiger partial charge in [0, 0.05) is 24.5 Å². The van der Waals surface area contributed by atoms with Crippen molar-refractivity contribution < 1.29 is 5.11 Å². The van der Waals surface area contributed by atoms with E-state index in [-0.39, 0.29) is 12.1 Å². The molecular weight excluding hydrogens is 166 g/mol. The number of rotatable bonds is 3. The minimum absolute atomic E-state index is 0.164. The number of aliphatic hydroxyl groups is 1. The lowest BCUT2D eigenvalue weighted by atomic mass is 10.2. The van der Waals surface area contributed by atoms with E-state index in [4.69, 9.17) is 0 Å². The molecule has 1 heterocycles. The van der Waals surface area contributed by atoms with Crippen LogP contribution in [0.25, 0.3) is 0 Å². The second-order valence-corrected chi connectivity index (χ2v) is 3.57. The van der Waals surface area contributed by atoms with Gasteiger partial charge < -0.3 is 10.4 Å². The molecule has 2 unspecified atom stereocenters. The van der Waals surface area contributed by atoms with Crippen LogP contribution >= 0.6 is 0 Å². The summed E-state index contributed by atoms with van der Waals surface area (Å²) in [6.07, 6.45) is 4.71. The number of nitrogens with zero attached hydrogens (tertiary/aromatic N) is 1. The molecule has 0 saturated heterocycles. The smallest absolute Gasteiger partial charge is 0.0693 e. The number of aromatic amines is 1. The van der Waals surface area contributed by atoms with Crippen molar-refractivity contribution in [1.29, 1.82) is 0 Å². The first-order valence-corrected chi connectivity index (χ1v) is 4.76. The van der Waals surface area contributed by atoms with Gasteiger partial charge in [0.2, 0.25) is 0 Å². The molecule has 2 rings (SSSR count). The molecule has 2 atom stereocenters. The highest BCUT2D eigenvalue weighted by Gasteiger charge is 2.24. The Bertz CT molecular complexity index is 247. The van der Waals surface area contributed by atoms with Gasteiger partial charge in [-0.15, -0.1) is 0 Å². The van der Waals surface area contributed by atoms with Gasteiger partial charge in [-0.3, -0.25) is 5.10 Å². The number of hydrogen-bond acceptors (Lipinski definition) is 3. The molecule has 1 aliphatic carbocycles. The SMILES string of the molecule is OC1CCCC1NCc1ccn[nH]1. The van der Waals surface area contributed by atoms with Crippen LogP contribution in [0.4, 0.5) is 0 Å². The monoisotopic (exact) mass is 181 g/mol. The predicted octanol–water partition coefficient (Wildman–Crippen LogP) is 0.413. The molecule has 0 amide bonds. The summed E-state index contributed by atoms with van der Waals surface area (Å²) in [6.45, 7) is 0.766. The van der Waals surface area contributed by atoms with E-state index in [0.29, 0.717) is 0 Å². The van der Waals surface area contributed by atoms with E-state index in [1.165, 1.54) is 0 Å². The minimum atomic E-state index is -0.164. The van der Waals surface area contributed by atoms with Crippen molar-refractivity contribution in [2.45, 2.75) is 38.0 Å². The summed E-state index contributed by atoms with van der Waals surface area (Å²) in [4.78, 5) is 0. The molecule has 1 aromatic rings. The standard InChI is InChI=1S/C9H15N3O/c13-9-3-1-2-8(9)10-6-7-4-5-11-12-7/h4-5,8-10,13H,1-3,6H2,(H,11,12). The van der Waals surface area contributed by atoms with Gasteiger partial charge in [-0.2, -0.15) is 5.10 Å². The quantitative estimate of drug-likeness (QED) is 0.633. The Morgan fingerprint density at radius 2 is 2.54 bits per heavy atom. The van der Waals surface area contributed by atoms with Crippen molar-refractivity contribution >= 4 is 0 Å². The van der Waals surface area contributed by atoms with E-state index in [1.807, 2.05) is 6.07 Å². The lowest BCUT2D eigenvalue weighted by molar-refractivity contribution is 0.148. The second kappa shape index (κ2) is 3.89. The third-order valence-electron chi connectivity index (χ3n) is 2.59. The van der Waals surface area contributed by atoms with Gasteiger partial charge >= 0.3 is 0 Å². The Kier molecular flexibility index (Phi) is 2.61. The summed E-state index contributed by atoms with van der Waals surface area (Å²) >= 11 is 0. The zero-order valence-corrected chi connectivity index (χ0v) is 7.53. The van der Waals surface area contributed by atoms with Gasteiger partial charge in [-0.25, -0.2) is 0 Å². The Labute approximate surface area is 77.4 Å². The van der Waals surface area contributed by atoms with E-state index >= 15 is 0 Å². The van der Waals surface area contributed by atoms with Crippen LogP contribution in [0.15, 0.2) is 12.3 Å². The van der Waals surface area contributed by atoms with Crippen LogP contribution in [0.3, 0.4) is 0 Å². The normalized spacial score (nSPS) is 28.1. The van der Waals surface area contributed by atoms with Gasteiger partial charge in [0.05, 0.1) is 6.10 Å². The summed E-state index contributed by atoms with van der Waals surface area (Å²) in [6, 6.07) is 2.21. The fourth-order valence-electron chi connectivity index (χ4n) is 1.80. The van der Waals surface area contributed by atoms with Crippen molar-refractivity contribution in [3.8, 4) is 0 Å². The molecule has 0 spiro atoms. The van der Waals surface area contributed by atoms with Crippen molar-refractivity contribution in [2.24, 2.45) is 0 Å². The highest BCUT2D eigenvalue weighted by Crippen LogP contribution is 2.18. The molecular formula is C9H15N3O. The van der Waals surface area contributed by atoms with Crippen molar-refractivity contribution in [1.82, 2.24) is 15.5 Å². The third kappa shape index (κ3) is 2.08. The maximum absolute atomic E-state index is 9.53. The van der Waals surface area contributed by atoms with Gasteiger partial charge in [-0.1, -0.05) is 0 Å². The molecule has 4 nitrogen and oxygen atoms in total. The molecule has 72 valence electrons. The number of hydrogen-bond donors (Lipinski definition) is 3. The summed E-state index contributed by atoms with van der Waals surface area (Å²) in [7, 11) is 0. The molecule has 0 aliphatic heterocycles. The van der Waals surface area contributed by atoms with Gasteiger partial charge in [0.25, 0.3) is 0 Å². The Morgan fingerprint density at radius 1 is 1.62 bits per heavy atom. The second-order valence-electron chi connectivity index (χ2n) is 3.57. The largest absolute Gasteiger partial charge is 0.392 e. The van der Waals surface area contributed by atoms with Crippen LogP contribution in [-0.2, 0) is 6.54 Å². The Balaban J connectivity index is 1.79. The molecule has 1 saturated carbocycles. The Hall–Kier alpha value is -0.870. The van der Waals surface area contributed by atoms with E-state index in [2.05, 4.69) is 15.5 Å². The average molecular weight is 181 g/mol. The summed E-state index contributed by atoms with van der Waals surface area (Å²) in [5, 5.41) is 19.6. The van der Waals surface area contributed by atoms with Gasteiger partial charge in [0.1, 0.15) is 0 Å². The highest BCUT2D eigenvalue weighted by atomic mass is 16.3. The molecule has 0 aromatic carbocycles. The number of H-pyrrole nitrogens is 1. The third-order valence-corrected chi connectivity index (χ3v) is 2.59. The van der Waals surface area contributed by atoms with Crippen LogP contribution < -0.4 is 5.32 Å². The van der Waals surface area contributed by atoms with Crippen molar-refractivity contribution in [3.63, 3.8) is 0 Å². The fourth-order valence-corrected chi connectivity index (χ4v) is 1.80. The lowest BCUT2D eigenvalue weighted by Crippen LogP contribution is -2.35. The van der Waals surface area contributed by atoms with Crippen molar-refractivity contribution in [2.75, 3.05) is 0 Å². The number of aromatic nitrogens is 2. The summed E-state index contributed by atoms with van der Waals surface area (Å²) in [5.74, 6) is 0. The van der Waals surface area contributed by atoms with Crippen molar-refractivity contribution in [3.05, 3.63) is 18.0 Å². The first kappa shape index (κ1) is 8.72. The minimum Gasteiger partial charge on any atom is -0.392 e. The number of aliphatic hydroxyl groups excluding tert-OH is 1. The summed E-state index contributed by atoms with van der Waals surface area (Å²) < 4.78 is 0. The van der Waals surface area contributed by atoms with Gasteiger partial charge in [0.15, 0.2) is 0 Å². The van der Waals surface area contributed by atoms with Gasteiger partial charge in [-0.05, 0) is 25.3 Å². The zero-order valence-electron chi connectivity index (χ0n) is 7.53. The topological polar surface area (TPSA) is 60.9 Å². The molecule has 1 aromatic heterocycles. The molecule has 3 N–H and O–H groups in total. The predicted molar refractivity (Wildman–Crippen MR) is 49.1 cm³/mol. The highest BCUT2D eigenvalue weighted by molar-refractivity contribution is 4.97. The molecule has 4 heteroatoms. The first-order chi connectivity index (χ1) is 6.36. The van der Waals surface area contributed by atoms with E-state index in [1.54, 1.807) is 6.20 Å². The van der Waals surface area contributed by atoms with Crippen LogP contribution in [0.5, 0.6) is 0 Å². The first-order valence-electron chi connectivity index (χ1n) is 4.76. The molecule has 13 heavy (non-hydrogen) atoms. The van der Waals surface area contributed by atoms with E-state index in [9.17, 15) is 5.11 Å². The average Bonchev–Trinajstić information content (AvgIpc) is 2.72. The molecule has 0 bridgehead atoms. The van der Waals surface area contributed by atoms with E-state index in [0.717, 1.165) is 31.5 Å². The molecule has 1 fully saturated rings. The fraction of sp³-hybridized carbons (Fsp3) is 0.667. The summed E-state index contributed by atoms with van der Waals surface area (Å²) in [5.41, 5.74) is 1.07. The van der Waals surface area contributed by atoms with Crippen LogP contribution in [-0.4, -0.2) is 27.4 Å². The van der Waals surface area contributed by atoms with Crippen LogP contribution in [0.1, 0.15) is 25.0 Å². The molecule has 1 aliphatic rings. The van der Waals surface area contributed by atoms with Crippen LogP contribution in [0.2, 0.25) is 0 Å². The lowest BCUT2D eigenvalue weighted by Gasteiger charge is -2.15. The van der Waals surface area contributed by atoms with Crippen LogP contribution in [0, 0.1) is 0 Å². The number of nitrogens with one attached hydrogen (secondary N) is 2.